The lowest BCUT2D eigenvalue weighted by Crippen LogP contribution is -2.32. The lowest BCUT2D eigenvalue weighted by atomic mass is 9.82. The Morgan fingerprint density at radius 2 is 1.59 bits per heavy atom. The molecule has 2 saturated carbocycles. The van der Waals surface area contributed by atoms with Gasteiger partial charge in [-0.2, -0.15) is 0 Å². The minimum atomic E-state index is -0.972. The van der Waals surface area contributed by atoms with Crippen LogP contribution in [0.1, 0.15) is 52.4 Å². The van der Waals surface area contributed by atoms with Gasteiger partial charge < -0.3 is 28.4 Å². The van der Waals surface area contributed by atoms with Gasteiger partial charge >= 0.3 is 11.9 Å². The largest absolute Gasteiger partial charge is 0.457 e. The van der Waals surface area contributed by atoms with Crippen LogP contribution in [0.4, 0.5) is 0 Å². The third-order valence-corrected chi connectivity index (χ3v) is 7.37. The standard InChI is InChI=1S/C21H30O8/c1-20-5-3-12(7-15(20)28-20)9-24-17(22)18(23)25-10-14-11-26-19(27-14)13-4-6-21(2)16(8-13)29-21/h12-16,19H,3-11H2,1-2H3. The molecule has 2 aliphatic carbocycles. The summed E-state index contributed by atoms with van der Waals surface area (Å²) in [6, 6.07) is 0. The van der Waals surface area contributed by atoms with Crippen molar-refractivity contribution in [2.45, 2.75) is 88.2 Å². The second-order valence-corrected chi connectivity index (χ2v) is 9.67. The molecule has 0 aromatic carbocycles. The van der Waals surface area contributed by atoms with Gasteiger partial charge in [-0.15, -0.1) is 0 Å². The molecular weight excluding hydrogens is 380 g/mol. The number of ether oxygens (including phenoxy) is 6. The minimum absolute atomic E-state index is 0.00745. The van der Waals surface area contributed by atoms with Gasteiger partial charge in [0.1, 0.15) is 12.7 Å². The first-order chi connectivity index (χ1) is 13.8. The molecule has 0 bridgehead atoms. The SMILES string of the molecule is CC12CCC(COC(=O)C(=O)OCC3COC(C4CCC5(C)OC5C4)O3)CC1O2. The lowest BCUT2D eigenvalue weighted by Gasteiger charge is -2.26. The first-order valence-electron chi connectivity index (χ1n) is 10.8. The molecule has 8 unspecified atom stereocenters. The summed E-state index contributed by atoms with van der Waals surface area (Å²) in [4.78, 5) is 23.8. The molecule has 8 heteroatoms. The zero-order chi connectivity index (χ0) is 20.2. The summed E-state index contributed by atoms with van der Waals surface area (Å²) in [6.07, 6.45) is 5.68. The number of carbonyl (C=O) groups is 2. The Bertz CT molecular complexity index is 682. The molecule has 0 amide bonds. The van der Waals surface area contributed by atoms with Crippen LogP contribution in [0.15, 0.2) is 0 Å². The Hall–Kier alpha value is -1.22. The fourth-order valence-corrected chi connectivity index (χ4v) is 5.08. The Balaban J connectivity index is 0.988. The van der Waals surface area contributed by atoms with Crippen LogP contribution in [-0.2, 0) is 38.0 Å². The zero-order valence-corrected chi connectivity index (χ0v) is 17.1. The Morgan fingerprint density at radius 3 is 2.28 bits per heavy atom. The number of hydrogen-bond donors (Lipinski definition) is 0. The number of hydrogen-bond acceptors (Lipinski definition) is 8. The fourth-order valence-electron chi connectivity index (χ4n) is 5.08. The Kier molecular flexibility index (Phi) is 4.89. The molecule has 0 spiro atoms. The third kappa shape index (κ3) is 4.04. The maximum absolute atomic E-state index is 11.9. The van der Waals surface area contributed by atoms with Crippen molar-refractivity contribution < 1.29 is 38.0 Å². The predicted molar refractivity (Wildman–Crippen MR) is 97.8 cm³/mol. The van der Waals surface area contributed by atoms with E-state index in [1.807, 2.05) is 0 Å². The Labute approximate surface area is 170 Å². The number of fused-ring (bicyclic) bond motifs is 2. The average Bonchev–Trinajstić information content (AvgIpc) is 3.50. The van der Waals surface area contributed by atoms with Crippen molar-refractivity contribution in [2.75, 3.05) is 19.8 Å². The monoisotopic (exact) mass is 410 g/mol. The van der Waals surface area contributed by atoms with Gasteiger partial charge in [0.15, 0.2) is 6.29 Å². The summed E-state index contributed by atoms with van der Waals surface area (Å²) in [5.74, 6) is -1.37. The van der Waals surface area contributed by atoms with Crippen LogP contribution in [-0.4, -0.2) is 67.6 Å². The highest BCUT2D eigenvalue weighted by atomic mass is 16.7. The van der Waals surface area contributed by atoms with Crippen LogP contribution < -0.4 is 0 Å². The second kappa shape index (κ2) is 7.18. The van der Waals surface area contributed by atoms with E-state index >= 15 is 0 Å². The molecule has 0 aromatic heterocycles. The summed E-state index contributed by atoms with van der Waals surface area (Å²) in [5, 5.41) is 0. The summed E-state index contributed by atoms with van der Waals surface area (Å²) in [6.45, 7) is 4.85. The molecule has 0 N–H and O–H groups in total. The highest BCUT2D eigenvalue weighted by Crippen LogP contribution is 2.51. The van der Waals surface area contributed by atoms with Gasteiger partial charge in [0.25, 0.3) is 0 Å². The average molecular weight is 410 g/mol. The van der Waals surface area contributed by atoms with E-state index in [1.165, 1.54) is 0 Å². The van der Waals surface area contributed by atoms with Crippen LogP contribution in [0.5, 0.6) is 0 Å². The van der Waals surface area contributed by atoms with Gasteiger partial charge in [0, 0.05) is 5.92 Å². The van der Waals surface area contributed by atoms with E-state index < -0.39 is 11.9 Å². The van der Waals surface area contributed by atoms with E-state index in [-0.39, 0.29) is 48.8 Å². The van der Waals surface area contributed by atoms with Gasteiger partial charge in [-0.3, -0.25) is 0 Å². The first-order valence-corrected chi connectivity index (χ1v) is 10.8. The van der Waals surface area contributed by atoms with Crippen LogP contribution in [0.25, 0.3) is 0 Å². The van der Waals surface area contributed by atoms with E-state index in [9.17, 15) is 9.59 Å². The van der Waals surface area contributed by atoms with Crippen molar-refractivity contribution in [1.82, 2.24) is 0 Å². The molecule has 5 fully saturated rings. The maximum atomic E-state index is 11.9. The lowest BCUT2D eigenvalue weighted by molar-refractivity contribution is -0.171. The molecule has 8 nitrogen and oxygen atoms in total. The molecule has 3 saturated heterocycles. The van der Waals surface area contributed by atoms with Crippen molar-refractivity contribution >= 4 is 11.9 Å². The van der Waals surface area contributed by atoms with E-state index in [0.29, 0.717) is 18.6 Å². The Morgan fingerprint density at radius 1 is 0.931 bits per heavy atom. The zero-order valence-electron chi connectivity index (χ0n) is 17.1. The van der Waals surface area contributed by atoms with Crippen LogP contribution >= 0.6 is 0 Å². The highest BCUT2D eigenvalue weighted by Gasteiger charge is 2.57. The van der Waals surface area contributed by atoms with Gasteiger partial charge in [0.05, 0.1) is 36.6 Å². The molecule has 8 atom stereocenters. The summed E-state index contributed by atoms with van der Waals surface area (Å²) >= 11 is 0. The molecule has 0 aromatic rings. The number of rotatable bonds is 5. The van der Waals surface area contributed by atoms with Gasteiger partial charge in [-0.1, -0.05) is 0 Å². The molecular formula is C21H30O8. The van der Waals surface area contributed by atoms with E-state index in [1.54, 1.807) is 0 Å². The summed E-state index contributed by atoms with van der Waals surface area (Å²) < 4.78 is 33.2. The predicted octanol–water partition coefficient (Wildman–Crippen LogP) is 1.73. The topological polar surface area (TPSA) is 96.1 Å². The molecule has 0 radical (unpaired) electrons. The van der Waals surface area contributed by atoms with E-state index in [4.69, 9.17) is 28.4 Å². The van der Waals surface area contributed by atoms with Crippen molar-refractivity contribution in [1.29, 1.82) is 0 Å². The molecule has 5 aliphatic rings. The number of epoxide rings is 2. The van der Waals surface area contributed by atoms with E-state index in [0.717, 1.165) is 38.5 Å². The molecule has 29 heavy (non-hydrogen) atoms. The van der Waals surface area contributed by atoms with Gasteiger partial charge in [0.2, 0.25) is 0 Å². The van der Waals surface area contributed by atoms with Crippen molar-refractivity contribution in [3.05, 3.63) is 0 Å². The maximum Gasteiger partial charge on any atom is 0.417 e. The van der Waals surface area contributed by atoms with Gasteiger partial charge in [-0.05, 0) is 58.3 Å². The third-order valence-electron chi connectivity index (χ3n) is 7.37. The van der Waals surface area contributed by atoms with Crippen molar-refractivity contribution in [3.63, 3.8) is 0 Å². The smallest absolute Gasteiger partial charge is 0.417 e. The molecule has 162 valence electrons. The van der Waals surface area contributed by atoms with E-state index in [2.05, 4.69) is 13.8 Å². The van der Waals surface area contributed by atoms with Crippen molar-refractivity contribution in [2.24, 2.45) is 11.8 Å². The summed E-state index contributed by atoms with van der Waals surface area (Å²) in [5.41, 5.74) is 0.0942. The van der Waals surface area contributed by atoms with Crippen LogP contribution in [0.3, 0.4) is 0 Å². The molecule has 5 rings (SSSR count). The van der Waals surface area contributed by atoms with Crippen molar-refractivity contribution in [3.8, 4) is 0 Å². The number of esters is 2. The minimum Gasteiger partial charge on any atom is -0.457 e. The fraction of sp³-hybridized carbons (Fsp3) is 0.905. The van der Waals surface area contributed by atoms with Gasteiger partial charge in [-0.25, -0.2) is 9.59 Å². The summed E-state index contributed by atoms with van der Waals surface area (Å²) in [7, 11) is 0. The quantitative estimate of drug-likeness (QED) is 0.384. The first kappa shape index (κ1) is 19.7. The van der Waals surface area contributed by atoms with Crippen LogP contribution in [0, 0.1) is 11.8 Å². The number of carbonyl (C=O) groups excluding carboxylic acids is 2. The molecule has 3 aliphatic heterocycles. The normalized spacial score (nSPS) is 47.7. The highest BCUT2D eigenvalue weighted by molar-refractivity contribution is 6.29. The molecule has 3 heterocycles. The van der Waals surface area contributed by atoms with Crippen LogP contribution in [0.2, 0.25) is 0 Å². The second-order valence-electron chi connectivity index (χ2n) is 9.67.